The monoisotopic (exact) mass is 205 g/mol. The number of aryl methyl sites for hydroxylation is 2. The first-order chi connectivity index (χ1) is 7.20. The quantitative estimate of drug-likeness (QED) is 0.795. The van der Waals surface area contributed by atoms with Crippen LogP contribution < -0.4 is 10.6 Å². The summed E-state index contributed by atoms with van der Waals surface area (Å²) in [5.74, 6) is 0.658. The molecule has 0 amide bonds. The summed E-state index contributed by atoms with van der Waals surface area (Å²) in [7, 11) is 0. The predicted octanol–water partition coefficient (Wildman–Crippen LogP) is 1.48. The van der Waals surface area contributed by atoms with Gasteiger partial charge in [0.25, 0.3) is 0 Å². The lowest BCUT2D eigenvalue weighted by Crippen LogP contribution is -2.23. The normalized spacial score (nSPS) is 21.0. The molecule has 1 aliphatic rings. The van der Waals surface area contributed by atoms with Crippen LogP contribution in [0.15, 0.2) is 12.1 Å². The van der Waals surface area contributed by atoms with E-state index in [1.807, 2.05) is 6.92 Å². The second-order valence-corrected chi connectivity index (χ2v) is 4.39. The third-order valence-electron chi connectivity index (χ3n) is 3.16. The first-order valence-electron chi connectivity index (χ1n) is 5.60. The van der Waals surface area contributed by atoms with Crippen molar-refractivity contribution in [1.29, 1.82) is 0 Å². The van der Waals surface area contributed by atoms with Crippen molar-refractivity contribution in [2.75, 3.05) is 24.5 Å². The highest BCUT2D eigenvalue weighted by atomic mass is 15.2. The minimum absolute atomic E-state index is 0.658. The zero-order valence-electron chi connectivity index (χ0n) is 9.53. The minimum atomic E-state index is 0.658. The van der Waals surface area contributed by atoms with E-state index in [0.717, 1.165) is 31.0 Å². The molecule has 1 aromatic heterocycles. The molecular weight excluding hydrogens is 186 g/mol. The Labute approximate surface area is 91.3 Å². The summed E-state index contributed by atoms with van der Waals surface area (Å²) in [5.41, 5.74) is 9.19. The van der Waals surface area contributed by atoms with Crippen LogP contribution >= 0.6 is 0 Å². The van der Waals surface area contributed by atoms with Gasteiger partial charge in [-0.1, -0.05) is 0 Å². The second kappa shape index (κ2) is 4.19. The van der Waals surface area contributed by atoms with E-state index < -0.39 is 0 Å². The van der Waals surface area contributed by atoms with Gasteiger partial charge in [-0.15, -0.1) is 0 Å². The standard InChI is InChI=1S/C12H19N3/c1-9-3-4-12(10(2)14-9)15-6-5-11(7-13)8-15/h3-4,11H,5-8,13H2,1-2H3. The maximum atomic E-state index is 5.69. The second-order valence-electron chi connectivity index (χ2n) is 4.39. The largest absolute Gasteiger partial charge is 0.370 e. The Morgan fingerprint density at radius 3 is 2.87 bits per heavy atom. The molecule has 0 bridgehead atoms. The number of rotatable bonds is 2. The molecule has 1 atom stereocenters. The van der Waals surface area contributed by atoms with Gasteiger partial charge in [-0.2, -0.15) is 0 Å². The topological polar surface area (TPSA) is 42.1 Å². The molecule has 1 aliphatic heterocycles. The Morgan fingerprint density at radius 2 is 2.27 bits per heavy atom. The van der Waals surface area contributed by atoms with Crippen molar-refractivity contribution in [3.63, 3.8) is 0 Å². The van der Waals surface area contributed by atoms with Gasteiger partial charge in [0.2, 0.25) is 0 Å². The maximum absolute atomic E-state index is 5.69. The summed E-state index contributed by atoms with van der Waals surface area (Å²) in [6, 6.07) is 4.26. The Kier molecular flexibility index (Phi) is 2.91. The third kappa shape index (κ3) is 2.12. The first kappa shape index (κ1) is 10.4. The molecule has 1 aromatic rings. The fraction of sp³-hybridized carbons (Fsp3) is 0.583. The molecule has 0 radical (unpaired) electrons. The van der Waals surface area contributed by atoms with Crippen LogP contribution in [0.3, 0.4) is 0 Å². The van der Waals surface area contributed by atoms with Crippen LogP contribution in [-0.2, 0) is 0 Å². The van der Waals surface area contributed by atoms with E-state index >= 15 is 0 Å². The van der Waals surface area contributed by atoms with Crippen LogP contribution in [0.1, 0.15) is 17.8 Å². The smallest absolute Gasteiger partial charge is 0.0608 e. The van der Waals surface area contributed by atoms with Gasteiger partial charge in [0.15, 0.2) is 0 Å². The molecule has 1 fully saturated rings. The average Bonchev–Trinajstić information content (AvgIpc) is 2.66. The molecule has 0 saturated carbocycles. The highest BCUT2D eigenvalue weighted by molar-refractivity contribution is 5.51. The molecule has 0 aromatic carbocycles. The van der Waals surface area contributed by atoms with Gasteiger partial charge >= 0.3 is 0 Å². The zero-order chi connectivity index (χ0) is 10.8. The summed E-state index contributed by atoms with van der Waals surface area (Å²) < 4.78 is 0. The van der Waals surface area contributed by atoms with E-state index in [9.17, 15) is 0 Å². The fourth-order valence-corrected chi connectivity index (χ4v) is 2.26. The fourth-order valence-electron chi connectivity index (χ4n) is 2.26. The molecule has 82 valence electrons. The summed E-state index contributed by atoms with van der Waals surface area (Å²) >= 11 is 0. The number of hydrogen-bond acceptors (Lipinski definition) is 3. The van der Waals surface area contributed by atoms with Crippen molar-refractivity contribution >= 4 is 5.69 Å². The van der Waals surface area contributed by atoms with Crippen molar-refractivity contribution < 1.29 is 0 Å². The lowest BCUT2D eigenvalue weighted by Gasteiger charge is -2.20. The van der Waals surface area contributed by atoms with Crippen LogP contribution in [0.25, 0.3) is 0 Å². The number of pyridine rings is 1. The van der Waals surface area contributed by atoms with Crippen LogP contribution in [0.2, 0.25) is 0 Å². The summed E-state index contributed by atoms with van der Waals surface area (Å²) in [4.78, 5) is 6.90. The van der Waals surface area contributed by atoms with Crippen molar-refractivity contribution in [2.24, 2.45) is 11.7 Å². The van der Waals surface area contributed by atoms with Crippen LogP contribution in [0.5, 0.6) is 0 Å². The molecule has 3 heteroatoms. The van der Waals surface area contributed by atoms with E-state index in [-0.39, 0.29) is 0 Å². The van der Waals surface area contributed by atoms with E-state index in [1.165, 1.54) is 12.1 Å². The molecular formula is C12H19N3. The SMILES string of the molecule is Cc1ccc(N2CCC(CN)C2)c(C)n1. The summed E-state index contributed by atoms with van der Waals surface area (Å²) in [6.07, 6.45) is 1.21. The lowest BCUT2D eigenvalue weighted by molar-refractivity contribution is 0.602. The van der Waals surface area contributed by atoms with Gasteiger partial charge in [0.05, 0.1) is 11.4 Å². The Balaban J connectivity index is 2.17. The van der Waals surface area contributed by atoms with E-state index in [4.69, 9.17) is 5.73 Å². The predicted molar refractivity (Wildman–Crippen MR) is 63.1 cm³/mol. The summed E-state index contributed by atoms with van der Waals surface area (Å²) in [5, 5.41) is 0. The Bertz CT molecular complexity index is 349. The minimum Gasteiger partial charge on any atom is -0.370 e. The van der Waals surface area contributed by atoms with Gasteiger partial charge in [0.1, 0.15) is 0 Å². The van der Waals surface area contributed by atoms with Gasteiger partial charge in [0, 0.05) is 18.8 Å². The van der Waals surface area contributed by atoms with Gasteiger partial charge in [-0.25, -0.2) is 0 Å². The zero-order valence-corrected chi connectivity index (χ0v) is 9.53. The van der Waals surface area contributed by atoms with Crippen molar-refractivity contribution in [1.82, 2.24) is 4.98 Å². The van der Waals surface area contributed by atoms with Gasteiger partial charge in [-0.05, 0) is 44.9 Å². The molecule has 1 unspecified atom stereocenters. The van der Waals surface area contributed by atoms with Crippen LogP contribution in [0, 0.1) is 19.8 Å². The molecule has 2 rings (SSSR count). The number of nitrogens with zero attached hydrogens (tertiary/aromatic N) is 2. The van der Waals surface area contributed by atoms with Crippen LogP contribution in [-0.4, -0.2) is 24.6 Å². The van der Waals surface area contributed by atoms with E-state index in [1.54, 1.807) is 0 Å². The van der Waals surface area contributed by atoms with Crippen molar-refractivity contribution in [2.45, 2.75) is 20.3 Å². The summed E-state index contributed by atoms with van der Waals surface area (Å²) in [6.45, 7) is 7.12. The van der Waals surface area contributed by atoms with Crippen molar-refractivity contribution in [3.8, 4) is 0 Å². The average molecular weight is 205 g/mol. The molecule has 2 N–H and O–H groups in total. The highest BCUT2D eigenvalue weighted by Gasteiger charge is 2.22. The molecule has 1 saturated heterocycles. The Morgan fingerprint density at radius 1 is 1.47 bits per heavy atom. The number of nitrogens with two attached hydrogens (primary N) is 1. The molecule has 0 spiro atoms. The highest BCUT2D eigenvalue weighted by Crippen LogP contribution is 2.25. The van der Waals surface area contributed by atoms with Gasteiger partial charge in [-0.3, -0.25) is 4.98 Å². The van der Waals surface area contributed by atoms with Gasteiger partial charge < -0.3 is 10.6 Å². The van der Waals surface area contributed by atoms with E-state index in [2.05, 4.69) is 28.9 Å². The lowest BCUT2D eigenvalue weighted by atomic mass is 10.1. The number of anilines is 1. The first-order valence-corrected chi connectivity index (χ1v) is 5.60. The molecule has 0 aliphatic carbocycles. The third-order valence-corrected chi connectivity index (χ3v) is 3.16. The number of aromatic nitrogens is 1. The molecule has 2 heterocycles. The molecule has 3 nitrogen and oxygen atoms in total. The molecule has 15 heavy (non-hydrogen) atoms. The maximum Gasteiger partial charge on any atom is 0.0608 e. The Hall–Kier alpha value is -1.09. The van der Waals surface area contributed by atoms with Crippen molar-refractivity contribution in [3.05, 3.63) is 23.5 Å². The van der Waals surface area contributed by atoms with E-state index in [0.29, 0.717) is 5.92 Å². The number of hydrogen-bond donors (Lipinski definition) is 1. The van der Waals surface area contributed by atoms with Crippen LogP contribution in [0.4, 0.5) is 5.69 Å².